The Morgan fingerprint density at radius 3 is 1.91 bits per heavy atom. The van der Waals surface area contributed by atoms with Gasteiger partial charge in [0.1, 0.15) is 0 Å². The molecule has 0 unspecified atom stereocenters. The SMILES string of the molecule is CCC[CH2][Sn]([CH2]CCC)([CH2]CCC)[c]1ccc2[nH]c3cc4c(=O)n(C)c(=O)c4cc3sc2c1. The van der Waals surface area contributed by atoms with Crippen molar-refractivity contribution in [3.63, 3.8) is 0 Å². The Labute approximate surface area is 203 Å². The van der Waals surface area contributed by atoms with Gasteiger partial charge < -0.3 is 0 Å². The molecule has 0 fully saturated rings. The molecule has 176 valence electrons. The molecule has 0 aliphatic heterocycles. The predicted molar refractivity (Wildman–Crippen MR) is 147 cm³/mol. The first-order chi connectivity index (χ1) is 15.9. The number of aromatic nitrogens is 2. The summed E-state index contributed by atoms with van der Waals surface area (Å²) in [7, 11) is 1.56. The summed E-state index contributed by atoms with van der Waals surface area (Å²) >= 11 is -0.763. The van der Waals surface area contributed by atoms with Crippen molar-refractivity contribution < 1.29 is 0 Å². The first kappa shape index (κ1) is 24.5. The minimum atomic E-state index is -2.51. The Morgan fingerprint density at radius 2 is 1.33 bits per heavy atom. The van der Waals surface area contributed by atoms with E-state index in [9.17, 15) is 9.59 Å². The summed E-state index contributed by atoms with van der Waals surface area (Å²) in [5.74, 6) is 0. The van der Waals surface area contributed by atoms with Gasteiger partial charge in [-0.1, -0.05) is 0 Å². The van der Waals surface area contributed by atoms with Crippen LogP contribution < -0.4 is 14.7 Å². The molecule has 0 radical (unpaired) electrons. The summed E-state index contributed by atoms with van der Waals surface area (Å²) in [6.07, 6.45) is 7.88. The molecule has 0 aliphatic rings. The second-order valence-corrected chi connectivity index (χ2v) is 23.9. The average molecular weight is 571 g/mol. The topological polar surface area (TPSA) is 54.9 Å². The number of nitrogens with zero attached hydrogens (tertiary/aromatic N) is 1. The predicted octanol–water partition coefficient (Wildman–Crippen LogP) is 6.65. The van der Waals surface area contributed by atoms with Crippen molar-refractivity contribution in [1.29, 1.82) is 0 Å². The van der Waals surface area contributed by atoms with Gasteiger partial charge in [-0.05, 0) is 0 Å². The molecule has 6 heteroatoms. The molecule has 0 atom stereocenters. The minimum absolute atomic E-state index is 0.202. The molecule has 4 nitrogen and oxygen atoms in total. The Kier molecular flexibility index (Phi) is 7.69. The van der Waals surface area contributed by atoms with E-state index in [0.29, 0.717) is 10.8 Å². The van der Waals surface area contributed by atoms with Crippen molar-refractivity contribution in [1.82, 2.24) is 9.55 Å². The molecule has 33 heavy (non-hydrogen) atoms. The number of hydrogen-bond acceptors (Lipinski definition) is 3. The van der Waals surface area contributed by atoms with E-state index in [2.05, 4.69) is 44.0 Å². The standard InChI is InChI=1S/C15H9N2O2S.3C4H9.Sn/c1-17-14(18)8-6-11-13(7-9(8)15(17)19)20-12-5-3-2-4-10(12)16-11;3*1-3-4-2;/h2,4-7,16H,1H3;3*1,3-4H2,2H3;. The van der Waals surface area contributed by atoms with Crippen LogP contribution in [0.4, 0.5) is 0 Å². The normalized spacial score (nSPS) is 12.4. The molecule has 0 spiro atoms. The van der Waals surface area contributed by atoms with E-state index >= 15 is 0 Å². The van der Waals surface area contributed by atoms with Gasteiger partial charge in [-0.2, -0.15) is 0 Å². The van der Waals surface area contributed by atoms with Crippen molar-refractivity contribution in [2.24, 2.45) is 7.05 Å². The van der Waals surface area contributed by atoms with Gasteiger partial charge in [0.2, 0.25) is 0 Å². The molecule has 2 aromatic carbocycles. The van der Waals surface area contributed by atoms with Gasteiger partial charge in [0, 0.05) is 0 Å². The molecule has 0 bridgehead atoms. The number of fused-ring (bicyclic) bond motifs is 3. The van der Waals surface area contributed by atoms with E-state index < -0.39 is 18.4 Å². The summed E-state index contributed by atoms with van der Waals surface area (Å²) < 4.78 is 9.54. The van der Waals surface area contributed by atoms with Crippen LogP contribution in [-0.2, 0) is 7.05 Å². The van der Waals surface area contributed by atoms with Gasteiger partial charge in [0.25, 0.3) is 0 Å². The van der Waals surface area contributed by atoms with E-state index in [-0.39, 0.29) is 11.1 Å². The summed E-state index contributed by atoms with van der Waals surface area (Å²) in [5.41, 5.74) is 1.62. The third-order valence-electron chi connectivity index (χ3n) is 7.30. The first-order valence-electron chi connectivity index (χ1n) is 12.5. The zero-order chi connectivity index (χ0) is 23.6. The van der Waals surface area contributed by atoms with Gasteiger partial charge in [-0.15, -0.1) is 0 Å². The molecule has 2 aromatic heterocycles. The van der Waals surface area contributed by atoms with Crippen LogP contribution in [0.25, 0.3) is 31.2 Å². The fraction of sp³-hybridized carbons (Fsp3) is 0.481. The van der Waals surface area contributed by atoms with Crippen molar-refractivity contribution in [3.05, 3.63) is 51.0 Å². The van der Waals surface area contributed by atoms with E-state index in [1.165, 1.54) is 61.1 Å². The summed E-state index contributed by atoms with van der Waals surface area (Å²) in [6, 6.07) is 10.9. The molecule has 0 saturated carbocycles. The maximum atomic E-state index is 12.5. The molecule has 4 rings (SSSR count). The summed E-state index contributed by atoms with van der Waals surface area (Å²) in [6.45, 7) is 6.96. The second kappa shape index (κ2) is 10.3. The monoisotopic (exact) mass is 572 g/mol. The quantitative estimate of drug-likeness (QED) is 0.171. The van der Waals surface area contributed by atoms with Crippen molar-refractivity contribution in [3.8, 4) is 0 Å². The van der Waals surface area contributed by atoms with Crippen molar-refractivity contribution >= 4 is 64.5 Å². The molecular weight excluding hydrogens is 535 g/mol. The van der Waals surface area contributed by atoms with E-state index in [0.717, 1.165) is 15.7 Å². The Morgan fingerprint density at radius 1 is 0.788 bits per heavy atom. The second-order valence-electron chi connectivity index (χ2n) is 9.59. The van der Waals surface area contributed by atoms with Gasteiger partial charge in [0.05, 0.1) is 0 Å². The number of hydrogen-bond donors (Lipinski definition) is 1. The molecule has 4 aromatic rings. The van der Waals surface area contributed by atoms with Crippen molar-refractivity contribution in [2.45, 2.75) is 72.6 Å². The molecule has 0 saturated heterocycles. The van der Waals surface area contributed by atoms with Crippen molar-refractivity contribution in [2.75, 3.05) is 0 Å². The molecule has 0 amide bonds. The number of aromatic amines is 1. The van der Waals surface area contributed by atoms with E-state index in [4.69, 9.17) is 0 Å². The van der Waals surface area contributed by atoms with Crippen LogP contribution in [-0.4, -0.2) is 27.9 Å². The molecule has 0 aliphatic carbocycles. The Balaban J connectivity index is 1.88. The van der Waals surface area contributed by atoms with Crippen LogP contribution in [0.1, 0.15) is 59.3 Å². The summed E-state index contributed by atoms with van der Waals surface area (Å²) in [4.78, 5) is 28.5. The number of nitrogens with one attached hydrogen (secondary N) is 1. The molecule has 1 N–H and O–H groups in total. The van der Waals surface area contributed by atoms with Gasteiger partial charge in [-0.25, -0.2) is 0 Å². The fourth-order valence-electron chi connectivity index (χ4n) is 5.23. The van der Waals surface area contributed by atoms with E-state index in [1.807, 2.05) is 12.1 Å². The van der Waals surface area contributed by atoms with Gasteiger partial charge >= 0.3 is 205 Å². The third-order valence-corrected chi connectivity index (χ3v) is 24.0. The third kappa shape index (κ3) is 4.68. The summed E-state index contributed by atoms with van der Waals surface area (Å²) in [5, 5.41) is 1.03. The Hall–Kier alpha value is -1.60. The zero-order valence-corrected chi connectivity index (χ0v) is 24.1. The molecular formula is C27H36N2O2SSn. The first-order valence-corrected chi connectivity index (χ1v) is 20.8. The number of unbranched alkanes of at least 4 members (excludes halogenated alkanes) is 3. The fourth-order valence-corrected chi connectivity index (χ4v) is 22.5. The number of benzene rings is 2. The molecule has 2 heterocycles. The number of H-pyrrole nitrogens is 1. The van der Waals surface area contributed by atoms with Crippen LogP contribution in [0.2, 0.25) is 13.3 Å². The van der Waals surface area contributed by atoms with Crippen LogP contribution in [0, 0.1) is 0 Å². The van der Waals surface area contributed by atoms with Crippen LogP contribution in [0.15, 0.2) is 39.9 Å². The van der Waals surface area contributed by atoms with Gasteiger partial charge in [0.15, 0.2) is 0 Å². The maximum absolute atomic E-state index is 12.5. The van der Waals surface area contributed by atoms with Crippen LogP contribution in [0.5, 0.6) is 0 Å². The van der Waals surface area contributed by atoms with Crippen LogP contribution in [0.3, 0.4) is 0 Å². The van der Waals surface area contributed by atoms with Gasteiger partial charge in [-0.3, -0.25) is 0 Å². The Bertz CT molecular complexity index is 1380. The zero-order valence-electron chi connectivity index (χ0n) is 20.4. The van der Waals surface area contributed by atoms with E-state index in [1.54, 1.807) is 22.0 Å². The van der Waals surface area contributed by atoms with Crippen LogP contribution >= 0.6 is 11.3 Å². The average Bonchev–Trinajstić information content (AvgIpc) is 3.04. The number of rotatable bonds is 10.